The van der Waals surface area contributed by atoms with Crippen LogP contribution in [0.25, 0.3) is 0 Å². The third kappa shape index (κ3) is 4.66. The number of rotatable bonds is 5. The van der Waals surface area contributed by atoms with Crippen LogP contribution in [0.5, 0.6) is 0 Å². The molecule has 2 N–H and O–H groups in total. The van der Waals surface area contributed by atoms with E-state index in [1.807, 2.05) is 0 Å². The Morgan fingerprint density at radius 3 is 2.57 bits per heavy atom. The van der Waals surface area contributed by atoms with Gasteiger partial charge < -0.3 is 15.4 Å². The van der Waals surface area contributed by atoms with Gasteiger partial charge in [0.05, 0.1) is 9.35 Å². The molecule has 0 saturated carbocycles. The summed E-state index contributed by atoms with van der Waals surface area (Å²) in [6.45, 7) is -0.0144. The second-order valence-electron chi connectivity index (χ2n) is 4.16. The van der Waals surface area contributed by atoms with Crippen molar-refractivity contribution in [2.24, 2.45) is 0 Å². The van der Waals surface area contributed by atoms with Crippen molar-refractivity contribution in [3.63, 3.8) is 0 Å². The molecule has 7 heteroatoms. The van der Waals surface area contributed by atoms with E-state index in [9.17, 15) is 9.59 Å². The normalized spacial score (nSPS) is 10.2. The second-order valence-corrected chi connectivity index (χ2v) is 6.45. The summed E-state index contributed by atoms with van der Waals surface area (Å²) in [6, 6.07) is 8.69. The Morgan fingerprint density at radius 1 is 1.24 bits per heavy atom. The fourth-order valence-corrected chi connectivity index (χ4v) is 2.77. The molecule has 0 unspecified atom stereocenters. The first-order valence-electron chi connectivity index (χ1n) is 6.02. The van der Waals surface area contributed by atoms with E-state index in [1.165, 1.54) is 18.4 Å². The Morgan fingerprint density at radius 2 is 1.95 bits per heavy atom. The molecule has 2 rings (SSSR count). The fourth-order valence-electron chi connectivity index (χ4n) is 1.64. The quantitative estimate of drug-likeness (QED) is 0.850. The number of halogens is 1. The minimum atomic E-state index is -0.247. The number of benzene rings is 1. The summed E-state index contributed by atoms with van der Waals surface area (Å²) in [6.07, 6.45) is 0. The van der Waals surface area contributed by atoms with E-state index >= 15 is 0 Å². The van der Waals surface area contributed by atoms with Gasteiger partial charge in [0.25, 0.3) is 5.91 Å². The van der Waals surface area contributed by atoms with E-state index in [2.05, 4.69) is 26.6 Å². The monoisotopic (exact) mass is 368 g/mol. The highest BCUT2D eigenvalue weighted by Crippen LogP contribution is 2.22. The number of hydrogen-bond donors (Lipinski definition) is 2. The lowest BCUT2D eigenvalue weighted by atomic mass is 10.2. The Balaban J connectivity index is 2.04. The summed E-state index contributed by atoms with van der Waals surface area (Å²) in [7, 11) is 1.45. The molecule has 0 spiro atoms. The van der Waals surface area contributed by atoms with Gasteiger partial charge in [-0.15, -0.1) is 11.3 Å². The zero-order chi connectivity index (χ0) is 15.2. The first-order chi connectivity index (χ1) is 10.1. The molecule has 110 valence electrons. The molecular weight excluding hydrogens is 356 g/mol. The van der Waals surface area contributed by atoms with E-state index in [4.69, 9.17) is 4.74 Å². The summed E-state index contributed by atoms with van der Waals surface area (Å²) in [4.78, 5) is 23.5. The highest BCUT2D eigenvalue weighted by Gasteiger charge is 2.09. The van der Waals surface area contributed by atoms with Gasteiger partial charge in [-0.25, -0.2) is 0 Å². The maximum Gasteiger partial charge on any atom is 0.256 e. The van der Waals surface area contributed by atoms with Crippen molar-refractivity contribution in [2.75, 3.05) is 24.4 Å². The highest BCUT2D eigenvalue weighted by molar-refractivity contribution is 9.11. The van der Waals surface area contributed by atoms with Gasteiger partial charge in [-0.2, -0.15) is 0 Å². The number of anilines is 2. The molecule has 0 radical (unpaired) electrons. The molecule has 0 aliphatic carbocycles. The third-order valence-electron chi connectivity index (χ3n) is 2.51. The highest BCUT2D eigenvalue weighted by atomic mass is 79.9. The van der Waals surface area contributed by atoms with Gasteiger partial charge in [-0.3, -0.25) is 9.59 Å². The number of nitrogens with one attached hydrogen (secondary N) is 2. The molecule has 2 aromatic rings. The second kappa shape index (κ2) is 7.35. The molecule has 0 aliphatic rings. The molecule has 1 heterocycles. The number of ether oxygens (including phenoxy) is 1. The average Bonchev–Trinajstić information content (AvgIpc) is 2.86. The van der Waals surface area contributed by atoms with Crippen molar-refractivity contribution in [1.29, 1.82) is 0 Å². The van der Waals surface area contributed by atoms with Crippen molar-refractivity contribution in [3.8, 4) is 0 Å². The molecule has 0 aliphatic heterocycles. The van der Waals surface area contributed by atoms with Gasteiger partial charge in [0.2, 0.25) is 5.91 Å². The first kappa shape index (κ1) is 15.7. The predicted octanol–water partition coefficient (Wildman–Crippen LogP) is 3.35. The van der Waals surface area contributed by atoms with Gasteiger partial charge in [0, 0.05) is 23.9 Å². The number of amides is 2. The number of carbonyl (C=O) groups excluding carboxylic acids is 2. The maximum absolute atomic E-state index is 12.0. The maximum atomic E-state index is 12.0. The van der Waals surface area contributed by atoms with Crippen molar-refractivity contribution < 1.29 is 14.3 Å². The van der Waals surface area contributed by atoms with Crippen molar-refractivity contribution >= 4 is 50.5 Å². The van der Waals surface area contributed by atoms with Crippen molar-refractivity contribution in [1.82, 2.24) is 0 Å². The van der Waals surface area contributed by atoms with E-state index in [-0.39, 0.29) is 18.4 Å². The first-order valence-corrected chi connectivity index (χ1v) is 7.70. The van der Waals surface area contributed by atoms with Crippen LogP contribution in [-0.2, 0) is 9.53 Å². The zero-order valence-electron chi connectivity index (χ0n) is 11.2. The van der Waals surface area contributed by atoms with Crippen molar-refractivity contribution in [3.05, 3.63) is 45.1 Å². The Labute approximate surface area is 134 Å². The van der Waals surface area contributed by atoms with E-state index in [1.54, 1.807) is 35.7 Å². The SMILES string of the molecule is COCC(=O)Nc1cccc(NC(=O)c2csc(Br)c2)c1. The Hall–Kier alpha value is -1.70. The summed E-state index contributed by atoms with van der Waals surface area (Å²) in [5.74, 6) is -0.444. The summed E-state index contributed by atoms with van der Waals surface area (Å²) in [5, 5.41) is 7.23. The van der Waals surface area contributed by atoms with Crippen LogP contribution in [0.2, 0.25) is 0 Å². The smallest absolute Gasteiger partial charge is 0.256 e. The molecule has 21 heavy (non-hydrogen) atoms. The number of hydrogen-bond acceptors (Lipinski definition) is 4. The molecule has 0 fully saturated rings. The van der Waals surface area contributed by atoms with Crippen LogP contribution >= 0.6 is 27.3 Å². The standard InChI is InChI=1S/C14H13BrN2O3S/c1-20-7-13(18)16-10-3-2-4-11(6-10)17-14(19)9-5-12(15)21-8-9/h2-6,8H,7H2,1H3,(H,16,18)(H,17,19). The molecule has 2 amide bonds. The molecule has 0 bridgehead atoms. The molecular formula is C14H13BrN2O3S. The minimum absolute atomic E-state index is 0.0144. The third-order valence-corrected chi connectivity index (χ3v) is 4.01. The molecule has 5 nitrogen and oxygen atoms in total. The fraction of sp³-hybridized carbons (Fsp3) is 0.143. The Kier molecular flexibility index (Phi) is 5.49. The van der Waals surface area contributed by atoms with Gasteiger partial charge in [-0.05, 0) is 40.2 Å². The lowest BCUT2D eigenvalue weighted by Crippen LogP contribution is -2.17. The summed E-state index contributed by atoms with van der Waals surface area (Å²) in [5.41, 5.74) is 1.79. The molecule has 1 aromatic heterocycles. The predicted molar refractivity (Wildman–Crippen MR) is 86.9 cm³/mol. The van der Waals surface area contributed by atoms with E-state index < -0.39 is 0 Å². The van der Waals surface area contributed by atoms with E-state index in [0.29, 0.717) is 16.9 Å². The van der Waals surface area contributed by atoms with Gasteiger partial charge in [-0.1, -0.05) is 6.07 Å². The Bertz CT molecular complexity index is 657. The van der Waals surface area contributed by atoms with Crippen LogP contribution in [0.3, 0.4) is 0 Å². The number of methoxy groups -OCH3 is 1. The summed E-state index contributed by atoms with van der Waals surface area (Å²) >= 11 is 4.76. The van der Waals surface area contributed by atoms with Gasteiger partial charge in [0.1, 0.15) is 6.61 Å². The summed E-state index contributed by atoms with van der Waals surface area (Å²) < 4.78 is 5.64. The van der Waals surface area contributed by atoms with Crippen LogP contribution in [0.4, 0.5) is 11.4 Å². The number of carbonyl (C=O) groups is 2. The van der Waals surface area contributed by atoms with Gasteiger partial charge in [0.15, 0.2) is 0 Å². The number of thiophene rings is 1. The van der Waals surface area contributed by atoms with Crippen LogP contribution in [0.15, 0.2) is 39.5 Å². The van der Waals surface area contributed by atoms with Crippen molar-refractivity contribution in [2.45, 2.75) is 0 Å². The van der Waals surface area contributed by atoms with Gasteiger partial charge >= 0.3 is 0 Å². The zero-order valence-corrected chi connectivity index (χ0v) is 13.6. The minimum Gasteiger partial charge on any atom is -0.375 e. The molecule has 0 atom stereocenters. The van der Waals surface area contributed by atoms with Crippen LogP contribution in [0, 0.1) is 0 Å². The lowest BCUT2D eigenvalue weighted by molar-refractivity contribution is -0.119. The largest absolute Gasteiger partial charge is 0.375 e. The van der Waals surface area contributed by atoms with Crippen LogP contribution in [0.1, 0.15) is 10.4 Å². The molecule has 0 saturated heterocycles. The van der Waals surface area contributed by atoms with Crippen LogP contribution < -0.4 is 10.6 Å². The topological polar surface area (TPSA) is 67.4 Å². The van der Waals surface area contributed by atoms with E-state index in [0.717, 1.165) is 3.79 Å². The average molecular weight is 369 g/mol. The van der Waals surface area contributed by atoms with Crippen LogP contribution in [-0.4, -0.2) is 25.5 Å². The lowest BCUT2D eigenvalue weighted by Gasteiger charge is -2.08. The molecule has 1 aromatic carbocycles.